The van der Waals surface area contributed by atoms with E-state index in [2.05, 4.69) is 31.9 Å². The Bertz CT molecular complexity index is 337. The van der Waals surface area contributed by atoms with Crippen molar-refractivity contribution < 1.29 is 9.52 Å². The molecule has 0 spiro atoms. The Hall–Kier alpha value is -0.310. The molecule has 0 saturated heterocycles. The van der Waals surface area contributed by atoms with Gasteiger partial charge in [0.15, 0.2) is 4.67 Å². The molecule has 1 heterocycles. The maximum absolute atomic E-state index is 9.76. The molecular formula is C9H9Br2NO2. The Morgan fingerprint density at radius 2 is 2.29 bits per heavy atom. The zero-order valence-electron chi connectivity index (χ0n) is 7.50. The van der Waals surface area contributed by atoms with Crippen LogP contribution in [0.1, 0.15) is 25.2 Å². The SMILES string of the molecule is CCC(C#N)C(O)c1cc(Br)c(Br)o1. The Morgan fingerprint density at radius 3 is 2.64 bits per heavy atom. The number of nitriles is 1. The van der Waals surface area contributed by atoms with Crippen molar-refractivity contribution in [1.82, 2.24) is 0 Å². The minimum atomic E-state index is -0.868. The average Bonchev–Trinajstić information content (AvgIpc) is 2.49. The second-order valence-electron chi connectivity index (χ2n) is 2.86. The monoisotopic (exact) mass is 321 g/mol. The lowest BCUT2D eigenvalue weighted by atomic mass is 10.00. The first-order valence-corrected chi connectivity index (χ1v) is 5.71. The molecular weight excluding hydrogens is 314 g/mol. The minimum absolute atomic E-state index is 0.400. The number of nitrogens with zero attached hydrogens (tertiary/aromatic N) is 1. The Labute approximate surface area is 99.0 Å². The largest absolute Gasteiger partial charge is 0.450 e. The van der Waals surface area contributed by atoms with Crippen LogP contribution in [0.5, 0.6) is 0 Å². The summed E-state index contributed by atoms with van der Waals surface area (Å²) in [6.07, 6.45) is -0.277. The van der Waals surface area contributed by atoms with Crippen molar-refractivity contribution in [3.63, 3.8) is 0 Å². The summed E-state index contributed by atoms with van der Waals surface area (Å²) in [4.78, 5) is 0. The van der Waals surface area contributed by atoms with Crippen LogP contribution < -0.4 is 0 Å². The van der Waals surface area contributed by atoms with Crippen LogP contribution in [0, 0.1) is 17.2 Å². The number of hydrogen-bond donors (Lipinski definition) is 1. The first-order valence-electron chi connectivity index (χ1n) is 4.12. The van der Waals surface area contributed by atoms with Gasteiger partial charge >= 0.3 is 0 Å². The van der Waals surface area contributed by atoms with Crippen molar-refractivity contribution in [1.29, 1.82) is 5.26 Å². The van der Waals surface area contributed by atoms with Crippen molar-refractivity contribution in [2.75, 3.05) is 0 Å². The van der Waals surface area contributed by atoms with Gasteiger partial charge in [0.1, 0.15) is 11.9 Å². The number of furan rings is 1. The zero-order chi connectivity index (χ0) is 10.7. The van der Waals surface area contributed by atoms with E-state index in [1.165, 1.54) is 0 Å². The third kappa shape index (κ3) is 2.38. The maximum Gasteiger partial charge on any atom is 0.183 e. The summed E-state index contributed by atoms with van der Waals surface area (Å²) in [7, 11) is 0. The fourth-order valence-corrected chi connectivity index (χ4v) is 1.70. The Balaban J connectivity index is 2.89. The summed E-state index contributed by atoms with van der Waals surface area (Å²) in [6, 6.07) is 3.70. The van der Waals surface area contributed by atoms with Gasteiger partial charge in [-0.15, -0.1) is 0 Å². The van der Waals surface area contributed by atoms with Crippen LogP contribution >= 0.6 is 31.9 Å². The number of aliphatic hydroxyl groups excluding tert-OH is 1. The van der Waals surface area contributed by atoms with Crippen LogP contribution in [0.15, 0.2) is 19.6 Å². The summed E-state index contributed by atoms with van der Waals surface area (Å²) in [6.45, 7) is 1.85. The predicted molar refractivity (Wildman–Crippen MR) is 58.5 cm³/mol. The molecule has 76 valence electrons. The predicted octanol–water partition coefficient (Wildman–Crippen LogP) is 3.39. The molecule has 0 radical (unpaired) electrons. The number of rotatable bonds is 3. The van der Waals surface area contributed by atoms with Gasteiger partial charge in [-0.3, -0.25) is 0 Å². The number of hydrogen-bond acceptors (Lipinski definition) is 3. The average molecular weight is 323 g/mol. The van der Waals surface area contributed by atoms with E-state index in [1.807, 2.05) is 13.0 Å². The van der Waals surface area contributed by atoms with Crippen molar-refractivity contribution in [2.45, 2.75) is 19.4 Å². The molecule has 0 aliphatic rings. The molecule has 1 rings (SSSR count). The first-order chi connectivity index (χ1) is 6.60. The molecule has 0 aromatic carbocycles. The number of halogens is 2. The first kappa shape index (κ1) is 11.8. The van der Waals surface area contributed by atoms with Gasteiger partial charge in [-0.2, -0.15) is 5.26 Å². The van der Waals surface area contributed by atoms with E-state index in [4.69, 9.17) is 9.68 Å². The maximum atomic E-state index is 9.76. The van der Waals surface area contributed by atoms with Gasteiger partial charge in [0.05, 0.1) is 16.5 Å². The highest BCUT2D eigenvalue weighted by molar-refractivity contribution is 9.13. The van der Waals surface area contributed by atoms with Crippen LogP contribution in [0.3, 0.4) is 0 Å². The summed E-state index contributed by atoms with van der Waals surface area (Å²) in [5.41, 5.74) is 0. The molecule has 1 aromatic heterocycles. The second-order valence-corrected chi connectivity index (χ2v) is 4.43. The van der Waals surface area contributed by atoms with Gasteiger partial charge in [0.25, 0.3) is 0 Å². The number of aliphatic hydroxyl groups is 1. The van der Waals surface area contributed by atoms with E-state index in [1.54, 1.807) is 6.07 Å². The third-order valence-electron chi connectivity index (χ3n) is 1.94. The lowest BCUT2D eigenvalue weighted by molar-refractivity contribution is 0.107. The lowest BCUT2D eigenvalue weighted by Gasteiger charge is -2.11. The van der Waals surface area contributed by atoms with Gasteiger partial charge in [0.2, 0.25) is 0 Å². The van der Waals surface area contributed by atoms with Gasteiger partial charge < -0.3 is 9.52 Å². The molecule has 0 saturated carbocycles. The minimum Gasteiger partial charge on any atom is -0.450 e. The lowest BCUT2D eigenvalue weighted by Crippen LogP contribution is -2.08. The van der Waals surface area contributed by atoms with E-state index < -0.39 is 12.0 Å². The smallest absolute Gasteiger partial charge is 0.183 e. The van der Waals surface area contributed by atoms with Crippen LogP contribution in [0.2, 0.25) is 0 Å². The van der Waals surface area contributed by atoms with E-state index in [0.717, 1.165) is 4.47 Å². The van der Waals surface area contributed by atoms with Gasteiger partial charge in [-0.1, -0.05) is 6.92 Å². The quantitative estimate of drug-likeness (QED) is 0.928. The van der Waals surface area contributed by atoms with E-state index >= 15 is 0 Å². The topological polar surface area (TPSA) is 57.2 Å². The van der Waals surface area contributed by atoms with Gasteiger partial charge in [0, 0.05) is 0 Å². The van der Waals surface area contributed by atoms with Crippen molar-refractivity contribution in [3.8, 4) is 6.07 Å². The van der Waals surface area contributed by atoms with Crippen molar-refractivity contribution in [3.05, 3.63) is 21.0 Å². The fraction of sp³-hybridized carbons (Fsp3) is 0.444. The Kier molecular flexibility index (Phi) is 4.17. The normalized spacial score (nSPS) is 14.8. The van der Waals surface area contributed by atoms with E-state index in [-0.39, 0.29) is 0 Å². The highest BCUT2D eigenvalue weighted by atomic mass is 79.9. The summed E-state index contributed by atoms with van der Waals surface area (Å²) >= 11 is 6.41. The Morgan fingerprint density at radius 1 is 1.64 bits per heavy atom. The molecule has 0 bridgehead atoms. The van der Waals surface area contributed by atoms with E-state index in [9.17, 15) is 5.11 Å². The molecule has 0 aliphatic heterocycles. The molecule has 1 N–H and O–H groups in total. The molecule has 2 atom stereocenters. The van der Waals surface area contributed by atoms with Crippen molar-refractivity contribution in [2.24, 2.45) is 5.92 Å². The summed E-state index contributed by atoms with van der Waals surface area (Å²) in [5.74, 6) is -0.0305. The van der Waals surface area contributed by atoms with Crippen LogP contribution in [0.4, 0.5) is 0 Å². The molecule has 2 unspecified atom stereocenters. The van der Waals surface area contributed by atoms with Gasteiger partial charge in [-0.25, -0.2) is 0 Å². The molecule has 0 aliphatic carbocycles. The molecule has 1 aromatic rings. The molecule has 0 fully saturated rings. The second kappa shape index (κ2) is 4.96. The fourth-order valence-electron chi connectivity index (χ4n) is 1.09. The standard InChI is InChI=1S/C9H9Br2NO2/c1-2-5(4-12)8(13)7-3-6(10)9(11)14-7/h3,5,8,13H,2H2,1H3. The summed E-state index contributed by atoms with van der Waals surface area (Å²) in [5, 5.41) is 18.5. The molecule has 3 nitrogen and oxygen atoms in total. The molecule has 0 amide bonds. The van der Waals surface area contributed by atoms with Crippen LogP contribution in [-0.4, -0.2) is 5.11 Å². The molecule has 14 heavy (non-hydrogen) atoms. The van der Waals surface area contributed by atoms with Crippen LogP contribution in [-0.2, 0) is 0 Å². The van der Waals surface area contributed by atoms with Crippen LogP contribution in [0.25, 0.3) is 0 Å². The van der Waals surface area contributed by atoms with Gasteiger partial charge in [-0.05, 0) is 44.3 Å². The van der Waals surface area contributed by atoms with Crippen molar-refractivity contribution >= 4 is 31.9 Å². The highest BCUT2D eigenvalue weighted by Gasteiger charge is 2.23. The zero-order valence-corrected chi connectivity index (χ0v) is 10.7. The van der Waals surface area contributed by atoms with E-state index in [0.29, 0.717) is 16.9 Å². The molecule has 5 heteroatoms. The summed E-state index contributed by atoms with van der Waals surface area (Å²) < 4.78 is 6.49. The third-order valence-corrected chi connectivity index (χ3v) is 3.65. The highest BCUT2D eigenvalue weighted by Crippen LogP contribution is 2.33.